The van der Waals surface area contributed by atoms with E-state index in [0.29, 0.717) is 10.9 Å². The van der Waals surface area contributed by atoms with Gasteiger partial charge in [-0.15, -0.1) is 0 Å². The zero-order valence-electron chi connectivity index (χ0n) is 20.2. The fraction of sp³-hybridized carbons (Fsp3) is 0.286. The zero-order chi connectivity index (χ0) is 24.6. The van der Waals surface area contributed by atoms with E-state index in [2.05, 4.69) is 0 Å². The van der Waals surface area contributed by atoms with E-state index < -0.39 is 12.1 Å². The third kappa shape index (κ3) is 4.28. The minimum atomic E-state index is -0.797. The summed E-state index contributed by atoms with van der Waals surface area (Å²) in [5.41, 5.74) is 6.82. The molecule has 176 valence electrons. The van der Waals surface area contributed by atoms with E-state index in [1.165, 1.54) is 0 Å². The molecule has 0 spiro atoms. The molecule has 34 heavy (non-hydrogen) atoms. The molecule has 1 N–H and O–H groups in total. The Hall–Kier alpha value is -3.31. The van der Waals surface area contributed by atoms with Crippen molar-refractivity contribution in [1.29, 1.82) is 5.41 Å². The molecular weight excluding hydrogens is 446 g/mol. The lowest BCUT2D eigenvalue weighted by molar-refractivity contribution is -0.146. The largest absolute Gasteiger partial charge is 0.458 e. The molecule has 0 saturated carbocycles. The summed E-state index contributed by atoms with van der Waals surface area (Å²) in [6.45, 7) is 10.2. The second kappa shape index (κ2) is 9.51. The Morgan fingerprint density at radius 1 is 0.882 bits per heavy atom. The van der Waals surface area contributed by atoms with Crippen LogP contribution < -0.4 is 9.80 Å². The minimum Gasteiger partial charge on any atom is -0.458 e. The first-order valence-corrected chi connectivity index (χ1v) is 11.8. The summed E-state index contributed by atoms with van der Waals surface area (Å²) in [5.74, 6) is -0.0251. The predicted octanol–water partition coefficient (Wildman–Crippen LogP) is 6.34. The van der Waals surface area contributed by atoms with Gasteiger partial charge in [-0.05, 0) is 74.6 Å². The van der Waals surface area contributed by atoms with E-state index in [0.717, 1.165) is 39.2 Å². The highest BCUT2D eigenvalue weighted by atomic mass is 35.5. The minimum absolute atomic E-state index is 0.134. The first kappa shape index (κ1) is 23.8. The molecule has 1 saturated heterocycles. The number of esters is 1. The second-order valence-electron chi connectivity index (χ2n) is 8.93. The van der Waals surface area contributed by atoms with Crippen LogP contribution in [0.15, 0.2) is 60.7 Å². The van der Waals surface area contributed by atoms with Gasteiger partial charge in [-0.2, -0.15) is 0 Å². The fourth-order valence-corrected chi connectivity index (χ4v) is 4.91. The van der Waals surface area contributed by atoms with Crippen LogP contribution in [0.4, 0.5) is 11.4 Å². The van der Waals surface area contributed by atoms with E-state index in [-0.39, 0.29) is 12.6 Å². The van der Waals surface area contributed by atoms with Crippen molar-refractivity contribution < 1.29 is 9.53 Å². The van der Waals surface area contributed by atoms with Crippen LogP contribution in [0, 0.1) is 33.1 Å². The van der Waals surface area contributed by atoms with E-state index in [1.54, 1.807) is 12.1 Å². The van der Waals surface area contributed by atoms with Crippen molar-refractivity contribution in [3.63, 3.8) is 0 Å². The van der Waals surface area contributed by atoms with Crippen LogP contribution in [-0.2, 0) is 16.1 Å². The number of amidine groups is 1. The maximum atomic E-state index is 13.8. The molecule has 4 rings (SSSR count). The highest BCUT2D eigenvalue weighted by Crippen LogP contribution is 2.39. The summed E-state index contributed by atoms with van der Waals surface area (Å²) < 4.78 is 5.85. The molecule has 3 aromatic rings. The average molecular weight is 476 g/mol. The van der Waals surface area contributed by atoms with Gasteiger partial charge in [-0.25, -0.2) is 4.79 Å². The molecule has 0 radical (unpaired) electrons. The molecule has 0 amide bonds. The van der Waals surface area contributed by atoms with Crippen LogP contribution in [0.3, 0.4) is 0 Å². The summed E-state index contributed by atoms with van der Waals surface area (Å²) in [7, 11) is 0. The van der Waals surface area contributed by atoms with E-state index in [4.69, 9.17) is 21.7 Å². The Morgan fingerprint density at radius 3 is 1.91 bits per heavy atom. The normalized spacial score (nSPS) is 17.9. The van der Waals surface area contributed by atoms with Crippen LogP contribution in [0.25, 0.3) is 0 Å². The quantitative estimate of drug-likeness (QED) is 0.438. The zero-order valence-corrected chi connectivity index (χ0v) is 21.0. The molecule has 6 heteroatoms. The monoisotopic (exact) mass is 475 g/mol. The van der Waals surface area contributed by atoms with Crippen LogP contribution >= 0.6 is 11.6 Å². The van der Waals surface area contributed by atoms with Crippen molar-refractivity contribution >= 4 is 34.8 Å². The number of benzene rings is 3. The van der Waals surface area contributed by atoms with Gasteiger partial charge >= 0.3 is 5.97 Å². The van der Waals surface area contributed by atoms with Crippen LogP contribution in [0.2, 0.25) is 5.02 Å². The lowest BCUT2D eigenvalue weighted by Gasteiger charge is -2.34. The molecule has 2 atom stereocenters. The Morgan fingerprint density at radius 2 is 1.38 bits per heavy atom. The number of rotatable bonds is 5. The standard InChI is InChI=1S/C28H30ClN3O2/c1-17-8-6-9-18(2)24(17)31-21(5)26(30)32(25-19(3)10-7-11-20(25)4)27(31)28(33)34-16-22-12-14-23(29)15-13-22/h6-15,21,27,30H,16H2,1-5H3. The van der Waals surface area contributed by atoms with Crippen molar-refractivity contribution in [2.45, 2.75) is 53.4 Å². The van der Waals surface area contributed by atoms with E-state index in [1.807, 2.05) is 92.9 Å². The molecule has 1 aliphatic heterocycles. The lowest BCUT2D eigenvalue weighted by Crippen LogP contribution is -2.48. The highest BCUT2D eigenvalue weighted by molar-refractivity contribution is 6.30. The molecule has 0 aliphatic carbocycles. The number of hydrogen-bond acceptors (Lipinski definition) is 4. The number of ether oxygens (including phenoxy) is 1. The van der Waals surface area contributed by atoms with Gasteiger partial charge in [0.05, 0.1) is 11.7 Å². The number of nitrogens with one attached hydrogen (secondary N) is 1. The molecule has 3 aromatic carbocycles. The van der Waals surface area contributed by atoms with Crippen molar-refractivity contribution in [2.75, 3.05) is 9.80 Å². The Kier molecular flexibility index (Phi) is 6.67. The first-order chi connectivity index (χ1) is 16.2. The van der Waals surface area contributed by atoms with Gasteiger partial charge in [0, 0.05) is 10.7 Å². The van der Waals surface area contributed by atoms with Crippen molar-refractivity contribution in [3.05, 3.63) is 93.5 Å². The number of nitrogens with zero attached hydrogens (tertiary/aromatic N) is 2. The SMILES string of the molecule is Cc1cccc(C)c1N1C(=N)C(C)N(c2c(C)cccc2C)C1C(=O)OCc1ccc(Cl)cc1. The highest BCUT2D eigenvalue weighted by Gasteiger charge is 2.48. The molecule has 1 heterocycles. The third-order valence-electron chi connectivity index (χ3n) is 6.46. The van der Waals surface area contributed by atoms with Crippen molar-refractivity contribution in [2.24, 2.45) is 0 Å². The van der Waals surface area contributed by atoms with Crippen LogP contribution in [0.5, 0.6) is 0 Å². The van der Waals surface area contributed by atoms with Gasteiger partial charge in [0.15, 0.2) is 0 Å². The molecular formula is C28H30ClN3O2. The van der Waals surface area contributed by atoms with E-state index in [9.17, 15) is 4.79 Å². The molecule has 5 nitrogen and oxygen atoms in total. The smallest absolute Gasteiger partial charge is 0.350 e. The molecule has 2 unspecified atom stereocenters. The molecule has 1 fully saturated rings. The number of carbonyl (C=O) groups is 1. The summed E-state index contributed by atoms with van der Waals surface area (Å²) in [6, 6.07) is 19.1. The Balaban J connectivity index is 1.80. The maximum absolute atomic E-state index is 13.8. The molecule has 0 aromatic heterocycles. The summed E-state index contributed by atoms with van der Waals surface area (Å²) in [5, 5.41) is 9.70. The topological polar surface area (TPSA) is 56.6 Å². The van der Waals surface area contributed by atoms with Gasteiger partial charge < -0.3 is 9.64 Å². The van der Waals surface area contributed by atoms with Gasteiger partial charge in [0.1, 0.15) is 12.4 Å². The van der Waals surface area contributed by atoms with Crippen LogP contribution in [-0.4, -0.2) is 24.0 Å². The van der Waals surface area contributed by atoms with Crippen LogP contribution in [0.1, 0.15) is 34.7 Å². The van der Waals surface area contributed by atoms with Crippen molar-refractivity contribution in [1.82, 2.24) is 0 Å². The summed E-state index contributed by atoms with van der Waals surface area (Å²) in [6.07, 6.45) is -0.797. The van der Waals surface area contributed by atoms with Crippen molar-refractivity contribution in [3.8, 4) is 0 Å². The van der Waals surface area contributed by atoms with Gasteiger partial charge in [0.25, 0.3) is 0 Å². The Labute approximate surface area is 206 Å². The van der Waals surface area contributed by atoms with Gasteiger partial charge in [0.2, 0.25) is 6.17 Å². The fourth-order valence-electron chi connectivity index (χ4n) is 4.79. The number of para-hydroxylation sites is 2. The summed E-state index contributed by atoms with van der Waals surface area (Å²) in [4.78, 5) is 17.6. The van der Waals surface area contributed by atoms with Gasteiger partial charge in [-0.1, -0.05) is 60.1 Å². The van der Waals surface area contributed by atoms with Gasteiger partial charge in [-0.3, -0.25) is 10.3 Å². The Bertz CT molecular complexity index is 1200. The number of hydrogen-bond donors (Lipinski definition) is 1. The van der Waals surface area contributed by atoms with E-state index >= 15 is 0 Å². The molecule has 0 bridgehead atoms. The number of anilines is 2. The number of carbonyl (C=O) groups excluding carboxylic acids is 1. The predicted molar refractivity (Wildman–Crippen MR) is 139 cm³/mol. The lowest BCUT2D eigenvalue weighted by atomic mass is 10.1. The average Bonchev–Trinajstić information content (AvgIpc) is 3.04. The number of halogens is 1. The number of aryl methyl sites for hydroxylation is 4. The maximum Gasteiger partial charge on any atom is 0.350 e. The molecule has 1 aliphatic rings. The summed E-state index contributed by atoms with van der Waals surface area (Å²) >= 11 is 6.00. The second-order valence-corrected chi connectivity index (χ2v) is 9.36. The first-order valence-electron chi connectivity index (χ1n) is 11.4. The third-order valence-corrected chi connectivity index (χ3v) is 6.72.